The highest BCUT2D eigenvalue weighted by Gasteiger charge is 2.22. The first-order chi connectivity index (χ1) is 9.85. The second-order valence-corrected chi connectivity index (χ2v) is 5.17. The van der Waals surface area contributed by atoms with Crippen molar-refractivity contribution in [3.63, 3.8) is 0 Å². The topological polar surface area (TPSA) is 30.3 Å². The Bertz CT molecular complexity index is 538. The fourth-order valence-corrected chi connectivity index (χ4v) is 2.61. The van der Waals surface area contributed by atoms with Gasteiger partial charge in [0.25, 0.3) is 0 Å². The van der Waals surface area contributed by atoms with Crippen LogP contribution in [0.1, 0.15) is 24.3 Å². The number of morpholine rings is 1. The van der Waals surface area contributed by atoms with Crippen molar-refractivity contribution in [3.05, 3.63) is 53.9 Å². The molecule has 1 aromatic heterocycles. The Hall–Kier alpha value is -1.65. The molecule has 0 bridgehead atoms. The van der Waals surface area contributed by atoms with Crippen molar-refractivity contribution in [2.45, 2.75) is 26.1 Å². The summed E-state index contributed by atoms with van der Waals surface area (Å²) in [5, 5.41) is 4.55. The van der Waals surface area contributed by atoms with Crippen molar-refractivity contribution in [2.75, 3.05) is 19.7 Å². The van der Waals surface area contributed by atoms with Crippen LogP contribution in [0.25, 0.3) is 0 Å². The van der Waals surface area contributed by atoms with Crippen LogP contribution in [0.2, 0.25) is 0 Å². The van der Waals surface area contributed by atoms with Crippen molar-refractivity contribution >= 4 is 0 Å². The average Bonchev–Trinajstić information content (AvgIpc) is 2.96. The van der Waals surface area contributed by atoms with E-state index >= 15 is 0 Å². The first-order valence-electron chi connectivity index (χ1n) is 7.26. The van der Waals surface area contributed by atoms with Crippen LogP contribution in [0.4, 0.5) is 0 Å². The smallest absolute Gasteiger partial charge is 0.0952 e. The molecule has 4 nitrogen and oxygen atoms in total. The van der Waals surface area contributed by atoms with E-state index in [1.165, 1.54) is 5.56 Å². The van der Waals surface area contributed by atoms with Crippen LogP contribution in [0.5, 0.6) is 0 Å². The van der Waals surface area contributed by atoms with Crippen molar-refractivity contribution in [1.82, 2.24) is 14.7 Å². The highest BCUT2D eigenvalue weighted by molar-refractivity contribution is 5.18. The molecule has 1 aliphatic rings. The summed E-state index contributed by atoms with van der Waals surface area (Å²) in [6, 6.07) is 12.6. The molecule has 0 aliphatic carbocycles. The normalized spacial score (nSPS) is 20.1. The summed E-state index contributed by atoms with van der Waals surface area (Å²) in [6.07, 6.45) is 2.22. The van der Waals surface area contributed by atoms with Gasteiger partial charge in [-0.1, -0.05) is 30.3 Å². The molecule has 0 spiro atoms. The molecule has 0 unspecified atom stereocenters. The first-order valence-corrected chi connectivity index (χ1v) is 7.26. The number of nitrogens with zero attached hydrogens (tertiary/aromatic N) is 3. The number of rotatable bonds is 4. The molecule has 0 saturated carbocycles. The van der Waals surface area contributed by atoms with Gasteiger partial charge in [-0.15, -0.1) is 0 Å². The van der Waals surface area contributed by atoms with Gasteiger partial charge in [-0.3, -0.25) is 9.58 Å². The molecule has 2 aromatic rings. The van der Waals surface area contributed by atoms with Crippen molar-refractivity contribution < 1.29 is 4.74 Å². The number of hydrogen-bond donors (Lipinski definition) is 0. The maximum absolute atomic E-state index is 5.89. The summed E-state index contributed by atoms with van der Waals surface area (Å²) in [4.78, 5) is 2.42. The van der Waals surface area contributed by atoms with E-state index in [2.05, 4.69) is 47.3 Å². The third-order valence-electron chi connectivity index (χ3n) is 3.73. The molecule has 1 fully saturated rings. The van der Waals surface area contributed by atoms with Gasteiger partial charge in [0.05, 0.1) is 18.4 Å². The van der Waals surface area contributed by atoms with Crippen LogP contribution >= 0.6 is 0 Å². The zero-order chi connectivity index (χ0) is 13.8. The Balaban J connectivity index is 1.63. The predicted molar refractivity (Wildman–Crippen MR) is 78.3 cm³/mol. The second-order valence-electron chi connectivity index (χ2n) is 5.17. The van der Waals surface area contributed by atoms with E-state index in [1.54, 1.807) is 0 Å². The number of hydrogen-bond acceptors (Lipinski definition) is 3. The zero-order valence-electron chi connectivity index (χ0n) is 11.9. The molecule has 1 aliphatic heterocycles. The van der Waals surface area contributed by atoms with Gasteiger partial charge in [-0.2, -0.15) is 5.10 Å². The fourth-order valence-electron chi connectivity index (χ4n) is 2.61. The van der Waals surface area contributed by atoms with E-state index in [0.29, 0.717) is 0 Å². The third-order valence-corrected chi connectivity index (χ3v) is 3.73. The Kier molecular flexibility index (Phi) is 4.14. The molecule has 0 radical (unpaired) electrons. The maximum Gasteiger partial charge on any atom is 0.0952 e. The molecule has 1 saturated heterocycles. The molecule has 20 heavy (non-hydrogen) atoms. The quantitative estimate of drug-likeness (QED) is 0.856. The van der Waals surface area contributed by atoms with E-state index < -0.39 is 0 Å². The molecule has 0 N–H and O–H groups in total. The van der Waals surface area contributed by atoms with Gasteiger partial charge in [0.2, 0.25) is 0 Å². The zero-order valence-corrected chi connectivity index (χ0v) is 11.9. The molecule has 1 aromatic carbocycles. The van der Waals surface area contributed by atoms with E-state index in [1.807, 2.05) is 16.9 Å². The minimum Gasteiger partial charge on any atom is -0.371 e. The third kappa shape index (κ3) is 3.08. The Labute approximate surface area is 120 Å². The summed E-state index contributed by atoms with van der Waals surface area (Å²) < 4.78 is 7.87. The van der Waals surface area contributed by atoms with E-state index in [0.717, 1.165) is 38.5 Å². The molecular weight excluding hydrogens is 250 g/mol. The average molecular weight is 271 g/mol. The van der Waals surface area contributed by atoms with Gasteiger partial charge in [-0.05, 0) is 18.6 Å². The summed E-state index contributed by atoms with van der Waals surface area (Å²) in [6.45, 7) is 6.63. The lowest BCUT2D eigenvalue weighted by atomic mass is 10.1. The van der Waals surface area contributed by atoms with Crippen molar-refractivity contribution in [1.29, 1.82) is 0 Å². The van der Waals surface area contributed by atoms with Gasteiger partial charge in [0, 0.05) is 32.4 Å². The molecular formula is C16H21N3O. The Morgan fingerprint density at radius 2 is 2.10 bits per heavy atom. The van der Waals surface area contributed by atoms with Gasteiger partial charge >= 0.3 is 0 Å². The molecule has 106 valence electrons. The number of aryl methyl sites for hydroxylation is 1. The Morgan fingerprint density at radius 1 is 1.25 bits per heavy atom. The summed E-state index contributed by atoms with van der Waals surface area (Å²) in [5.74, 6) is 0. The highest BCUT2D eigenvalue weighted by atomic mass is 16.5. The predicted octanol–water partition coefficient (Wildman–Crippen LogP) is 2.48. The van der Waals surface area contributed by atoms with Crippen molar-refractivity contribution in [3.8, 4) is 0 Å². The molecule has 3 rings (SSSR count). The largest absolute Gasteiger partial charge is 0.371 e. The molecule has 4 heteroatoms. The van der Waals surface area contributed by atoms with Gasteiger partial charge in [0.15, 0.2) is 0 Å². The van der Waals surface area contributed by atoms with E-state index in [-0.39, 0.29) is 6.10 Å². The second kappa shape index (κ2) is 6.20. The SMILES string of the molecule is CCn1ccc(CN2CCO[C@@H](c3ccccc3)C2)n1. The number of ether oxygens (including phenoxy) is 1. The lowest BCUT2D eigenvalue weighted by Gasteiger charge is -2.32. The van der Waals surface area contributed by atoms with E-state index in [9.17, 15) is 0 Å². The summed E-state index contributed by atoms with van der Waals surface area (Å²) in [7, 11) is 0. The van der Waals surface area contributed by atoms with Crippen LogP contribution in [0.3, 0.4) is 0 Å². The number of benzene rings is 1. The van der Waals surface area contributed by atoms with Crippen LogP contribution in [0.15, 0.2) is 42.6 Å². The molecule has 0 amide bonds. The molecule has 1 atom stereocenters. The minimum absolute atomic E-state index is 0.179. The van der Waals surface area contributed by atoms with Crippen molar-refractivity contribution in [2.24, 2.45) is 0 Å². The van der Waals surface area contributed by atoms with E-state index in [4.69, 9.17) is 4.74 Å². The minimum atomic E-state index is 0.179. The monoisotopic (exact) mass is 271 g/mol. The molecule has 2 heterocycles. The van der Waals surface area contributed by atoms with Gasteiger partial charge in [-0.25, -0.2) is 0 Å². The lowest BCUT2D eigenvalue weighted by Crippen LogP contribution is -2.37. The summed E-state index contributed by atoms with van der Waals surface area (Å²) in [5.41, 5.74) is 2.40. The highest BCUT2D eigenvalue weighted by Crippen LogP contribution is 2.22. The maximum atomic E-state index is 5.89. The van der Waals surface area contributed by atoms with Crippen LogP contribution in [-0.2, 0) is 17.8 Å². The summed E-state index contributed by atoms with van der Waals surface area (Å²) >= 11 is 0. The lowest BCUT2D eigenvalue weighted by molar-refractivity contribution is -0.0333. The standard InChI is InChI=1S/C16H21N3O/c1-2-19-9-8-15(17-19)12-18-10-11-20-16(13-18)14-6-4-3-5-7-14/h3-9,16H,2,10-13H2,1H3/t16-/m1/s1. The fraction of sp³-hybridized carbons (Fsp3) is 0.438. The van der Waals surface area contributed by atoms with Gasteiger partial charge in [0.1, 0.15) is 0 Å². The van der Waals surface area contributed by atoms with Crippen LogP contribution in [0, 0.1) is 0 Å². The first kappa shape index (κ1) is 13.3. The van der Waals surface area contributed by atoms with Crippen LogP contribution in [-0.4, -0.2) is 34.4 Å². The Morgan fingerprint density at radius 3 is 2.85 bits per heavy atom. The number of aromatic nitrogens is 2. The van der Waals surface area contributed by atoms with Gasteiger partial charge < -0.3 is 4.74 Å². The van der Waals surface area contributed by atoms with Crippen LogP contribution < -0.4 is 0 Å².